The van der Waals surface area contributed by atoms with Gasteiger partial charge in [-0.2, -0.15) is 0 Å². The fourth-order valence-corrected chi connectivity index (χ4v) is 3.55. The highest BCUT2D eigenvalue weighted by Gasteiger charge is 2.24. The van der Waals surface area contributed by atoms with Crippen molar-refractivity contribution < 1.29 is 0 Å². The van der Waals surface area contributed by atoms with E-state index in [1.807, 2.05) is 13.0 Å². The van der Waals surface area contributed by atoms with Crippen molar-refractivity contribution in [3.8, 4) is 0 Å². The summed E-state index contributed by atoms with van der Waals surface area (Å²) in [5, 5.41) is 0.801. The van der Waals surface area contributed by atoms with Crippen LogP contribution in [-0.4, -0.2) is 19.1 Å². The summed E-state index contributed by atoms with van der Waals surface area (Å²) in [4.78, 5) is 2.45. The Hall–Kier alpha value is -0.730. The first-order valence-corrected chi connectivity index (χ1v) is 8.12. The number of hydrogen-bond donors (Lipinski definition) is 1. The van der Waals surface area contributed by atoms with E-state index < -0.39 is 0 Å². The quantitative estimate of drug-likeness (QED) is 0.900. The maximum atomic E-state index is 6.15. The van der Waals surface area contributed by atoms with Gasteiger partial charge in [-0.25, -0.2) is 0 Å². The summed E-state index contributed by atoms with van der Waals surface area (Å²) in [6.45, 7) is 4.41. The molecule has 0 radical (unpaired) electrons. The molecule has 2 rings (SSSR count). The minimum Gasteiger partial charge on any atom is -0.371 e. The van der Waals surface area contributed by atoms with Crippen molar-refractivity contribution in [3.05, 3.63) is 28.8 Å². The van der Waals surface area contributed by atoms with Gasteiger partial charge in [-0.1, -0.05) is 31.4 Å². The summed E-state index contributed by atoms with van der Waals surface area (Å²) in [5.41, 5.74) is 8.55. The molecule has 3 unspecified atom stereocenters. The van der Waals surface area contributed by atoms with Crippen molar-refractivity contribution in [2.75, 3.05) is 11.9 Å². The zero-order chi connectivity index (χ0) is 14.7. The zero-order valence-electron chi connectivity index (χ0n) is 12.9. The fraction of sp³-hybridized carbons (Fsp3) is 0.647. The lowest BCUT2D eigenvalue weighted by atomic mass is 9.86. The molecule has 1 aliphatic rings. The third kappa shape index (κ3) is 3.89. The van der Waals surface area contributed by atoms with Crippen molar-refractivity contribution in [3.63, 3.8) is 0 Å². The average molecular weight is 295 g/mol. The Labute approximate surface area is 128 Å². The first-order valence-electron chi connectivity index (χ1n) is 7.74. The molecular formula is C17H27ClN2. The molecule has 0 saturated heterocycles. The second kappa shape index (κ2) is 6.82. The molecule has 0 amide bonds. The highest BCUT2D eigenvalue weighted by Crippen LogP contribution is 2.32. The predicted molar refractivity (Wildman–Crippen MR) is 88.6 cm³/mol. The summed E-state index contributed by atoms with van der Waals surface area (Å²) in [6.07, 6.45) is 6.17. The highest BCUT2D eigenvalue weighted by atomic mass is 35.5. The van der Waals surface area contributed by atoms with Crippen molar-refractivity contribution in [2.45, 2.75) is 58.0 Å². The van der Waals surface area contributed by atoms with Crippen LogP contribution >= 0.6 is 11.6 Å². The van der Waals surface area contributed by atoms with Crippen molar-refractivity contribution in [1.29, 1.82) is 0 Å². The van der Waals surface area contributed by atoms with E-state index in [9.17, 15) is 0 Å². The van der Waals surface area contributed by atoms with E-state index in [0.29, 0.717) is 6.04 Å². The monoisotopic (exact) mass is 294 g/mol. The van der Waals surface area contributed by atoms with Crippen LogP contribution in [0.1, 0.15) is 45.1 Å². The Morgan fingerprint density at radius 1 is 1.40 bits per heavy atom. The van der Waals surface area contributed by atoms with Gasteiger partial charge >= 0.3 is 0 Å². The number of nitrogens with two attached hydrogens (primary N) is 1. The molecule has 1 aromatic rings. The third-order valence-electron chi connectivity index (χ3n) is 4.42. The second-order valence-electron chi connectivity index (χ2n) is 6.49. The van der Waals surface area contributed by atoms with Crippen LogP contribution in [0.3, 0.4) is 0 Å². The molecule has 1 aromatic carbocycles. The lowest BCUT2D eigenvalue weighted by molar-refractivity contribution is 0.336. The van der Waals surface area contributed by atoms with Crippen LogP contribution in [0.5, 0.6) is 0 Å². The molecule has 0 aromatic heterocycles. The van der Waals surface area contributed by atoms with E-state index in [1.165, 1.54) is 36.9 Å². The van der Waals surface area contributed by atoms with Gasteiger partial charge < -0.3 is 10.6 Å². The van der Waals surface area contributed by atoms with Crippen molar-refractivity contribution in [1.82, 2.24) is 0 Å². The number of anilines is 1. The van der Waals surface area contributed by atoms with Gasteiger partial charge in [0.05, 0.1) is 0 Å². The van der Waals surface area contributed by atoms with Gasteiger partial charge in [-0.15, -0.1) is 0 Å². The largest absolute Gasteiger partial charge is 0.371 e. The maximum absolute atomic E-state index is 6.15. The van der Waals surface area contributed by atoms with Crippen molar-refractivity contribution in [2.24, 2.45) is 11.7 Å². The van der Waals surface area contributed by atoms with Gasteiger partial charge in [0.15, 0.2) is 0 Å². The number of benzene rings is 1. The molecule has 0 bridgehead atoms. The second-order valence-corrected chi connectivity index (χ2v) is 6.93. The van der Waals surface area contributed by atoms with E-state index in [0.717, 1.165) is 17.4 Å². The first kappa shape index (κ1) is 15.7. The maximum Gasteiger partial charge on any atom is 0.0410 e. The van der Waals surface area contributed by atoms with Crippen LogP contribution < -0.4 is 10.6 Å². The Balaban J connectivity index is 2.21. The molecule has 20 heavy (non-hydrogen) atoms. The third-order valence-corrected chi connectivity index (χ3v) is 4.65. The molecular weight excluding hydrogens is 268 g/mol. The van der Waals surface area contributed by atoms with Gasteiger partial charge in [0.1, 0.15) is 0 Å². The molecule has 1 fully saturated rings. The van der Waals surface area contributed by atoms with Gasteiger partial charge in [0.25, 0.3) is 0 Å². The van der Waals surface area contributed by atoms with Crippen LogP contribution in [0.2, 0.25) is 5.02 Å². The Morgan fingerprint density at radius 2 is 2.15 bits per heavy atom. The fourth-order valence-electron chi connectivity index (χ4n) is 3.36. The van der Waals surface area contributed by atoms with E-state index in [-0.39, 0.29) is 6.04 Å². The van der Waals surface area contributed by atoms with Crippen LogP contribution in [0.25, 0.3) is 0 Å². The molecule has 1 aliphatic carbocycles. The topological polar surface area (TPSA) is 29.3 Å². The molecule has 0 aliphatic heterocycles. The number of nitrogens with zero attached hydrogens (tertiary/aromatic N) is 1. The van der Waals surface area contributed by atoms with Gasteiger partial charge in [-0.05, 0) is 55.9 Å². The molecule has 0 heterocycles. The van der Waals surface area contributed by atoms with Crippen molar-refractivity contribution >= 4 is 17.3 Å². The lowest BCUT2D eigenvalue weighted by Gasteiger charge is -2.36. The standard InChI is InChI=1S/C17H27ClN2/c1-12-5-4-6-16(9-12)20(3)17-8-7-15(18)11-14(17)10-13(2)19/h7-8,11-13,16H,4-6,9-10,19H2,1-3H3. The Bertz CT molecular complexity index is 445. The van der Waals surface area contributed by atoms with E-state index in [4.69, 9.17) is 17.3 Å². The molecule has 2 N–H and O–H groups in total. The molecule has 1 saturated carbocycles. The SMILES string of the molecule is CC(N)Cc1cc(Cl)ccc1N(C)C1CCCC(C)C1. The Morgan fingerprint density at radius 3 is 2.80 bits per heavy atom. The molecule has 3 heteroatoms. The number of hydrogen-bond acceptors (Lipinski definition) is 2. The zero-order valence-corrected chi connectivity index (χ0v) is 13.7. The van der Waals surface area contributed by atoms with Gasteiger partial charge in [-0.3, -0.25) is 0 Å². The normalized spacial score (nSPS) is 24.4. The molecule has 112 valence electrons. The van der Waals surface area contributed by atoms with Crippen LogP contribution in [0.4, 0.5) is 5.69 Å². The van der Waals surface area contributed by atoms with Crippen LogP contribution in [0.15, 0.2) is 18.2 Å². The lowest BCUT2D eigenvalue weighted by Crippen LogP contribution is -2.36. The van der Waals surface area contributed by atoms with Gasteiger partial charge in [0.2, 0.25) is 0 Å². The van der Waals surface area contributed by atoms with Gasteiger partial charge in [0, 0.05) is 29.8 Å². The smallest absolute Gasteiger partial charge is 0.0410 e. The van der Waals surface area contributed by atoms with E-state index in [2.05, 4.69) is 31.0 Å². The van der Waals surface area contributed by atoms with E-state index >= 15 is 0 Å². The summed E-state index contributed by atoms with van der Waals surface area (Å²) < 4.78 is 0. The van der Waals surface area contributed by atoms with Crippen LogP contribution in [-0.2, 0) is 6.42 Å². The average Bonchev–Trinajstić information content (AvgIpc) is 2.37. The summed E-state index contributed by atoms with van der Waals surface area (Å²) in [6, 6.07) is 7.02. The first-order chi connectivity index (χ1) is 9.47. The number of rotatable bonds is 4. The molecule has 3 atom stereocenters. The minimum atomic E-state index is 0.158. The number of halogens is 1. The van der Waals surface area contributed by atoms with Crippen LogP contribution in [0, 0.1) is 5.92 Å². The molecule has 0 spiro atoms. The predicted octanol–water partition coefficient (Wildman–Crippen LogP) is 4.24. The molecule has 2 nitrogen and oxygen atoms in total. The summed E-state index contributed by atoms with van der Waals surface area (Å²) >= 11 is 6.15. The Kier molecular flexibility index (Phi) is 5.34. The van der Waals surface area contributed by atoms with E-state index in [1.54, 1.807) is 0 Å². The highest BCUT2D eigenvalue weighted by molar-refractivity contribution is 6.30. The summed E-state index contributed by atoms with van der Waals surface area (Å²) in [7, 11) is 2.22. The minimum absolute atomic E-state index is 0.158. The summed E-state index contributed by atoms with van der Waals surface area (Å²) in [5.74, 6) is 0.834.